The second kappa shape index (κ2) is 5.00. The molecule has 0 saturated heterocycles. The van der Waals surface area contributed by atoms with E-state index in [0.717, 1.165) is 0 Å². The van der Waals surface area contributed by atoms with Crippen LogP contribution in [0.1, 0.15) is 18.1 Å². The van der Waals surface area contributed by atoms with Crippen LogP contribution in [0.15, 0.2) is 18.2 Å². The molecule has 0 aliphatic carbocycles. The third-order valence-corrected chi connectivity index (χ3v) is 2.17. The number of phenols is 1. The first kappa shape index (κ1) is 11.8. The number of aromatic hydroxyl groups is 1. The number of aliphatic hydroxyl groups is 1. The number of carbonyl (C=O) groups excluding carboxylic acids is 1. The first-order chi connectivity index (χ1) is 7.04. The summed E-state index contributed by atoms with van der Waals surface area (Å²) in [6.45, 7) is 0. The van der Waals surface area contributed by atoms with Crippen LogP contribution in [0.3, 0.4) is 0 Å². The zero-order valence-corrected chi connectivity index (χ0v) is 8.86. The number of aliphatic hydroxyl groups excluding tert-OH is 1. The molecule has 0 aliphatic heterocycles. The number of rotatable bonds is 3. The van der Waals surface area contributed by atoms with Crippen LogP contribution in [0.5, 0.6) is 5.75 Å². The Labute approximate surface area is 92.1 Å². The topological polar surface area (TPSA) is 66.8 Å². The Balaban J connectivity index is 2.82. The normalized spacial score (nSPS) is 12.2. The fraction of sp³-hybridized carbons (Fsp3) is 0.300. The van der Waals surface area contributed by atoms with Crippen molar-refractivity contribution in [3.8, 4) is 5.75 Å². The molecule has 0 aliphatic rings. The summed E-state index contributed by atoms with van der Waals surface area (Å²) >= 11 is 5.62. The number of hydrogen-bond acceptors (Lipinski definition) is 4. The van der Waals surface area contributed by atoms with Crippen LogP contribution < -0.4 is 0 Å². The molecule has 0 fully saturated rings. The van der Waals surface area contributed by atoms with Gasteiger partial charge in [-0.3, -0.25) is 4.79 Å². The molecular weight excluding hydrogens is 220 g/mol. The average molecular weight is 231 g/mol. The minimum atomic E-state index is -1.09. The van der Waals surface area contributed by atoms with Crippen LogP contribution in [0.25, 0.3) is 0 Å². The maximum Gasteiger partial charge on any atom is 0.308 e. The summed E-state index contributed by atoms with van der Waals surface area (Å²) in [7, 11) is 1.23. The summed E-state index contributed by atoms with van der Waals surface area (Å²) < 4.78 is 4.40. The van der Waals surface area contributed by atoms with Gasteiger partial charge in [-0.15, -0.1) is 0 Å². The molecule has 0 heterocycles. The van der Waals surface area contributed by atoms with Gasteiger partial charge in [-0.1, -0.05) is 17.7 Å². The highest BCUT2D eigenvalue weighted by Crippen LogP contribution is 2.29. The lowest BCUT2D eigenvalue weighted by atomic mass is 10.1. The van der Waals surface area contributed by atoms with Crippen molar-refractivity contribution in [2.75, 3.05) is 7.11 Å². The van der Waals surface area contributed by atoms with Crippen molar-refractivity contribution >= 4 is 17.6 Å². The Morgan fingerprint density at radius 3 is 2.80 bits per heavy atom. The fourth-order valence-corrected chi connectivity index (χ4v) is 1.32. The smallest absolute Gasteiger partial charge is 0.308 e. The monoisotopic (exact) mass is 230 g/mol. The molecule has 0 aromatic heterocycles. The fourth-order valence-electron chi connectivity index (χ4n) is 1.15. The van der Waals surface area contributed by atoms with Crippen molar-refractivity contribution in [3.63, 3.8) is 0 Å². The van der Waals surface area contributed by atoms with Gasteiger partial charge in [0.2, 0.25) is 0 Å². The number of phenolic OH excluding ortho intramolecular Hbond substituents is 1. The Morgan fingerprint density at radius 2 is 2.27 bits per heavy atom. The maximum absolute atomic E-state index is 10.9. The number of esters is 1. The molecule has 0 radical (unpaired) electrons. The lowest BCUT2D eigenvalue weighted by molar-refractivity contribution is -0.142. The zero-order chi connectivity index (χ0) is 11.4. The summed E-state index contributed by atoms with van der Waals surface area (Å²) in [5.41, 5.74) is 0.254. The lowest BCUT2D eigenvalue weighted by Gasteiger charge is -2.11. The van der Waals surface area contributed by atoms with E-state index in [2.05, 4.69) is 4.74 Å². The second-order valence-corrected chi connectivity index (χ2v) is 3.44. The predicted molar refractivity (Wildman–Crippen MR) is 54.7 cm³/mol. The SMILES string of the molecule is COC(=O)CC(O)c1ccc(Cl)cc1O. The van der Waals surface area contributed by atoms with E-state index in [1.54, 1.807) is 0 Å². The minimum Gasteiger partial charge on any atom is -0.508 e. The summed E-state index contributed by atoms with van der Waals surface area (Å²) in [6, 6.07) is 4.29. The van der Waals surface area contributed by atoms with E-state index in [4.69, 9.17) is 11.6 Å². The Hall–Kier alpha value is -1.26. The molecule has 1 unspecified atom stereocenters. The molecule has 15 heavy (non-hydrogen) atoms. The number of halogens is 1. The van der Waals surface area contributed by atoms with Gasteiger partial charge in [-0.05, 0) is 12.1 Å². The number of hydrogen-bond donors (Lipinski definition) is 2. The highest BCUT2D eigenvalue weighted by atomic mass is 35.5. The Morgan fingerprint density at radius 1 is 1.60 bits per heavy atom. The van der Waals surface area contributed by atoms with Crippen molar-refractivity contribution in [1.29, 1.82) is 0 Å². The third kappa shape index (κ3) is 3.11. The quantitative estimate of drug-likeness (QED) is 0.775. The van der Waals surface area contributed by atoms with Gasteiger partial charge in [0.05, 0.1) is 19.6 Å². The summed E-state index contributed by atoms with van der Waals surface area (Å²) in [5, 5.41) is 19.4. The third-order valence-electron chi connectivity index (χ3n) is 1.94. The maximum atomic E-state index is 10.9. The molecule has 4 nitrogen and oxygen atoms in total. The molecule has 5 heteroatoms. The zero-order valence-electron chi connectivity index (χ0n) is 8.11. The highest BCUT2D eigenvalue weighted by molar-refractivity contribution is 6.30. The number of ether oxygens (including phenoxy) is 1. The van der Waals surface area contributed by atoms with Crippen molar-refractivity contribution in [1.82, 2.24) is 0 Å². The van der Waals surface area contributed by atoms with Crippen LogP contribution in [0.2, 0.25) is 5.02 Å². The summed E-state index contributed by atoms with van der Waals surface area (Å²) in [4.78, 5) is 10.9. The highest BCUT2D eigenvalue weighted by Gasteiger charge is 2.16. The van der Waals surface area contributed by atoms with Gasteiger partial charge in [-0.25, -0.2) is 0 Å². The standard InChI is InChI=1S/C10H11ClO4/c1-15-10(14)5-9(13)7-3-2-6(11)4-8(7)12/h2-4,9,12-13H,5H2,1H3. The van der Waals surface area contributed by atoms with Crippen molar-refractivity contribution < 1.29 is 19.7 Å². The minimum absolute atomic E-state index is 0.140. The van der Waals surface area contributed by atoms with E-state index < -0.39 is 12.1 Å². The van der Waals surface area contributed by atoms with Crippen LogP contribution in [-0.4, -0.2) is 23.3 Å². The van der Waals surface area contributed by atoms with Gasteiger partial charge in [0.1, 0.15) is 5.75 Å². The molecule has 1 atom stereocenters. The van der Waals surface area contributed by atoms with Gasteiger partial charge in [0.25, 0.3) is 0 Å². The Bertz CT molecular complexity index is 364. The van der Waals surface area contributed by atoms with Crippen LogP contribution in [0, 0.1) is 0 Å². The molecule has 0 bridgehead atoms. The van der Waals surface area contributed by atoms with Gasteiger partial charge >= 0.3 is 5.97 Å². The average Bonchev–Trinajstić information content (AvgIpc) is 2.17. The van der Waals surface area contributed by atoms with Gasteiger partial charge in [0.15, 0.2) is 0 Å². The second-order valence-electron chi connectivity index (χ2n) is 3.00. The molecule has 82 valence electrons. The van der Waals surface area contributed by atoms with E-state index in [1.807, 2.05) is 0 Å². The molecule has 0 saturated carbocycles. The van der Waals surface area contributed by atoms with E-state index in [-0.39, 0.29) is 17.7 Å². The predicted octanol–water partition coefficient (Wildman–Crippen LogP) is 1.64. The number of carbonyl (C=O) groups is 1. The molecule has 0 amide bonds. The van der Waals surface area contributed by atoms with Crippen molar-refractivity contribution in [3.05, 3.63) is 28.8 Å². The van der Waals surface area contributed by atoms with Crippen LogP contribution in [0.4, 0.5) is 0 Å². The first-order valence-electron chi connectivity index (χ1n) is 4.28. The van der Waals surface area contributed by atoms with Crippen molar-refractivity contribution in [2.24, 2.45) is 0 Å². The van der Waals surface area contributed by atoms with E-state index in [0.29, 0.717) is 5.02 Å². The molecule has 1 rings (SSSR count). The molecule has 1 aromatic carbocycles. The summed E-state index contributed by atoms with van der Waals surface area (Å²) in [6.07, 6.45) is -1.29. The van der Waals surface area contributed by atoms with Gasteiger partial charge in [-0.2, -0.15) is 0 Å². The molecule has 1 aromatic rings. The van der Waals surface area contributed by atoms with Crippen LogP contribution in [-0.2, 0) is 9.53 Å². The number of methoxy groups -OCH3 is 1. The van der Waals surface area contributed by atoms with Crippen molar-refractivity contribution in [2.45, 2.75) is 12.5 Å². The van der Waals surface area contributed by atoms with Gasteiger partial charge in [0, 0.05) is 10.6 Å². The molecule has 0 spiro atoms. The molecule has 2 N–H and O–H groups in total. The summed E-state index contributed by atoms with van der Waals surface area (Å²) in [5.74, 6) is -0.684. The van der Waals surface area contributed by atoms with E-state index in [9.17, 15) is 15.0 Å². The lowest BCUT2D eigenvalue weighted by Crippen LogP contribution is -2.08. The van der Waals surface area contributed by atoms with E-state index >= 15 is 0 Å². The number of benzene rings is 1. The molecular formula is C10H11ClO4. The Kier molecular flexibility index (Phi) is 3.94. The van der Waals surface area contributed by atoms with Gasteiger partial charge < -0.3 is 14.9 Å². The largest absolute Gasteiger partial charge is 0.508 e. The van der Waals surface area contributed by atoms with Crippen LogP contribution >= 0.6 is 11.6 Å². The first-order valence-corrected chi connectivity index (χ1v) is 4.65. The van der Waals surface area contributed by atoms with E-state index in [1.165, 1.54) is 25.3 Å².